The Morgan fingerprint density at radius 1 is 1.00 bits per heavy atom. The van der Waals surface area contributed by atoms with Gasteiger partial charge in [-0.05, 0) is 62.3 Å². The van der Waals surface area contributed by atoms with Gasteiger partial charge in [0.2, 0.25) is 0 Å². The Hall–Kier alpha value is -1.02. The second-order valence-corrected chi connectivity index (χ2v) is 9.30. The predicted octanol–water partition coefficient (Wildman–Crippen LogP) is 7.60. The molecule has 0 amide bonds. The van der Waals surface area contributed by atoms with Crippen LogP contribution in [0.4, 0.5) is 0 Å². The average molecular weight is 402 g/mol. The largest absolute Gasteiger partial charge is 0.497 e. The molecule has 1 aliphatic rings. The molecule has 166 valence electrons. The van der Waals surface area contributed by atoms with Crippen LogP contribution in [-0.4, -0.2) is 31.1 Å². The second kappa shape index (κ2) is 12.6. The van der Waals surface area contributed by atoms with Crippen molar-refractivity contribution in [2.24, 2.45) is 5.92 Å². The van der Waals surface area contributed by atoms with Gasteiger partial charge in [-0.25, -0.2) is 0 Å². The standard InChI is InChI=1S/C27H47NO/c1-6-10-12-13-19-28-22-24(15-11-7-2)27(18-8-3,21-25(28)9-4)23-16-14-17-26(20-23)29-5/h14,16-17,20,24-25H,6-13,15,18-19,21-22H2,1-5H3. The Kier molecular flexibility index (Phi) is 10.6. The molecule has 0 radical (unpaired) electrons. The van der Waals surface area contributed by atoms with Gasteiger partial charge in [0.25, 0.3) is 0 Å². The topological polar surface area (TPSA) is 12.5 Å². The summed E-state index contributed by atoms with van der Waals surface area (Å²) in [7, 11) is 1.80. The van der Waals surface area contributed by atoms with Crippen molar-refractivity contribution in [2.45, 2.75) is 110 Å². The molecule has 0 bridgehead atoms. The van der Waals surface area contributed by atoms with Crippen molar-refractivity contribution in [1.29, 1.82) is 0 Å². The smallest absolute Gasteiger partial charge is 0.119 e. The molecule has 1 saturated heterocycles. The molecular formula is C27H47NO. The SMILES string of the molecule is CCCCCCN1CC(CCCC)C(CCC)(c2cccc(OC)c2)CC1CC. The zero-order valence-electron chi connectivity index (χ0n) is 20.0. The van der Waals surface area contributed by atoms with E-state index in [2.05, 4.69) is 56.9 Å². The average Bonchev–Trinajstić information content (AvgIpc) is 2.76. The van der Waals surface area contributed by atoms with Gasteiger partial charge in [-0.3, -0.25) is 0 Å². The molecule has 3 atom stereocenters. The van der Waals surface area contributed by atoms with Crippen LogP contribution >= 0.6 is 0 Å². The van der Waals surface area contributed by atoms with Gasteiger partial charge < -0.3 is 9.64 Å². The number of unbranched alkanes of at least 4 members (excludes halogenated alkanes) is 4. The first-order valence-electron chi connectivity index (χ1n) is 12.5. The molecule has 3 unspecified atom stereocenters. The van der Waals surface area contributed by atoms with Crippen molar-refractivity contribution < 1.29 is 4.74 Å². The third kappa shape index (κ3) is 6.23. The summed E-state index contributed by atoms with van der Waals surface area (Å²) in [6.45, 7) is 12.0. The van der Waals surface area contributed by atoms with E-state index in [1.807, 2.05) is 0 Å². The van der Waals surface area contributed by atoms with Crippen LogP contribution in [0.25, 0.3) is 0 Å². The molecular weight excluding hydrogens is 354 g/mol. The molecule has 2 nitrogen and oxygen atoms in total. The Balaban J connectivity index is 2.33. The van der Waals surface area contributed by atoms with Crippen LogP contribution in [0.2, 0.25) is 0 Å². The van der Waals surface area contributed by atoms with E-state index in [1.54, 1.807) is 7.11 Å². The van der Waals surface area contributed by atoms with E-state index in [1.165, 1.54) is 89.3 Å². The minimum Gasteiger partial charge on any atom is -0.497 e. The minimum atomic E-state index is 0.305. The molecule has 1 fully saturated rings. The first kappa shape index (κ1) is 24.3. The first-order chi connectivity index (χ1) is 14.1. The number of hydrogen-bond acceptors (Lipinski definition) is 2. The summed E-state index contributed by atoms with van der Waals surface area (Å²) in [5.41, 5.74) is 1.84. The number of rotatable bonds is 13. The Labute approximate surface area is 181 Å². The number of ether oxygens (including phenoxy) is 1. The summed E-state index contributed by atoms with van der Waals surface area (Å²) >= 11 is 0. The molecule has 0 aliphatic carbocycles. The molecule has 29 heavy (non-hydrogen) atoms. The van der Waals surface area contributed by atoms with Gasteiger partial charge in [-0.1, -0.05) is 78.4 Å². The Morgan fingerprint density at radius 2 is 1.79 bits per heavy atom. The fraction of sp³-hybridized carbons (Fsp3) is 0.778. The third-order valence-corrected chi connectivity index (χ3v) is 7.37. The van der Waals surface area contributed by atoms with Crippen molar-refractivity contribution >= 4 is 0 Å². The van der Waals surface area contributed by atoms with Gasteiger partial charge in [0.1, 0.15) is 5.75 Å². The summed E-state index contributed by atoms with van der Waals surface area (Å²) in [6, 6.07) is 9.76. The minimum absolute atomic E-state index is 0.305. The van der Waals surface area contributed by atoms with E-state index in [9.17, 15) is 0 Å². The Bertz CT molecular complexity index is 571. The van der Waals surface area contributed by atoms with Crippen LogP contribution in [0.5, 0.6) is 5.75 Å². The molecule has 0 spiro atoms. The van der Waals surface area contributed by atoms with Crippen molar-refractivity contribution in [3.63, 3.8) is 0 Å². The number of hydrogen-bond donors (Lipinski definition) is 0. The number of likely N-dealkylation sites (tertiary alicyclic amines) is 1. The fourth-order valence-corrected chi connectivity index (χ4v) is 5.74. The summed E-state index contributed by atoms with van der Waals surface area (Å²) in [5, 5.41) is 0. The van der Waals surface area contributed by atoms with Gasteiger partial charge in [0, 0.05) is 18.0 Å². The third-order valence-electron chi connectivity index (χ3n) is 7.37. The maximum Gasteiger partial charge on any atom is 0.119 e. The van der Waals surface area contributed by atoms with Crippen LogP contribution in [0.3, 0.4) is 0 Å². The number of methoxy groups -OCH3 is 1. The molecule has 2 rings (SSSR count). The van der Waals surface area contributed by atoms with Gasteiger partial charge >= 0.3 is 0 Å². The number of nitrogens with zero attached hydrogens (tertiary/aromatic N) is 1. The lowest BCUT2D eigenvalue weighted by Gasteiger charge is -2.53. The van der Waals surface area contributed by atoms with Crippen LogP contribution < -0.4 is 4.74 Å². The summed E-state index contributed by atoms with van der Waals surface area (Å²) in [6.07, 6.45) is 14.6. The van der Waals surface area contributed by atoms with Gasteiger partial charge in [0.05, 0.1) is 7.11 Å². The normalized spacial score (nSPS) is 25.3. The summed E-state index contributed by atoms with van der Waals surface area (Å²) < 4.78 is 5.63. The molecule has 2 heteroatoms. The molecule has 0 aromatic heterocycles. The lowest BCUT2D eigenvalue weighted by Crippen LogP contribution is -2.55. The highest BCUT2D eigenvalue weighted by Crippen LogP contribution is 2.48. The van der Waals surface area contributed by atoms with E-state index >= 15 is 0 Å². The van der Waals surface area contributed by atoms with Crippen molar-refractivity contribution in [3.05, 3.63) is 29.8 Å². The van der Waals surface area contributed by atoms with Crippen molar-refractivity contribution in [3.8, 4) is 5.75 Å². The van der Waals surface area contributed by atoms with Crippen LogP contribution in [0.15, 0.2) is 24.3 Å². The number of piperidine rings is 1. The van der Waals surface area contributed by atoms with E-state index in [0.717, 1.165) is 11.7 Å². The lowest BCUT2D eigenvalue weighted by molar-refractivity contribution is 0.0249. The van der Waals surface area contributed by atoms with Crippen LogP contribution in [-0.2, 0) is 5.41 Å². The summed E-state index contributed by atoms with van der Waals surface area (Å²) in [5.74, 6) is 1.77. The maximum atomic E-state index is 5.63. The van der Waals surface area contributed by atoms with E-state index in [-0.39, 0.29) is 0 Å². The van der Waals surface area contributed by atoms with E-state index in [0.29, 0.717) is 11.5 Å². The van der Waals surface area contributed by atoms with Gasteiger partial charge in [-0.2, -0.15) is 0 Å². The predicted molar refractivity (Wildman–Crippen MR) is 127 cm³/mol. The highest BCUT2D eigenvalue weighted by atomic mass is 16.5. The zero-order valence-corrected chi connectivity index (χ0v) is 20.0. The molecule has 1 aromatic carbocycles. The van der Waals surface area contributed by atoms with Crippen LogP contribution in [0.1, 0.15) is 104 Å². The highest BCUT2D eigenvalue weighted by Gasteiger charge is 2.46. The highest BCUT2D eigenvalue weighted by molar-refractivity contribution is 5.35. The molecule has 0 N–H and O–H groups in total. The van der Waals surface area contributed by atoms with E-state index < -0.39 is 0 Å². The Morgan fingerprint density at radius 3 is 2.45 bits per heavy atom. The first-order valence-corrected chi connectivity index (χ1v) is 12.5. The molecule has 0 saturated carbocycles. The molecule has 1 aliphatic heterocycles. The van der Waals surface area contributed by atoms with Crippen LogP contribution in [0, 0.1) is 5.92 Å². The summed E-state index contributed by atoms with van der Waals surface area (Å²) in [4.78, 5) is 2.87. The van der Waals surface area contributed by atoms with Crippen molar-refractivity contribution in [1.82, 2.24) is 4.90 Å². The van der Waals surface area contributed by atoms with Gasteiger partial charge in [0.15, 0.2) is 0 Å². The second-order valence-electron chi connectivity index (χ2n) is 9.30. The lowest BCUT2D eigenvalue weighted by atomic mass is 9.60. The molecule has 1 heterocycles. The fourth-order valence-electron chi connectivity index (χ4n) is 5.74. The molecule has 1 aromatic rings. The van der Waals surface area contributed by atoms with Gasteiger partial charge in [-0.15, -0.1) is 0 Å². The maximum absolute atomic E-state index is 5.63. The van der Waals surface area contributed by atoms with Crippen molar-refractivity contribution in [2.75, 3.05) is 20.2 Å². The van der Waals surface area contributed by atoms with E-state index in [4.69, 9.17) is 4.74 Å². The number of benzene rings is 1. The zero-order chi connectivity index (χ0) is 21.1. The monoisotopic (exact) mass is 401 g/mol. The quantitative estimate of drug-likeness (QED) is 0.315.